The Labute approximate surface area is 104 Å². The van der Waals surface area contributed by atoms with Crippen molar-refractivity contribution >= 4 is 17.6 Å². The number of alkyl halides is 1. The van der Waals surface area contributed by atoms with Crippen LogP contribution in [0.4, 0.5) is 0 Å². The SMILES string of the molecule is CCOC(=O)Cc1cc(C#N)cc(CCl)c1O. The maximum absolute atomic E-state index is 11.3. The molecule has 1 aromatic carbocycles. The van der Waals surface area contributed by atoms with E-state index in [-0.39, 0.29) is 24.7 Å². The molecule has 0 aromatic heterocycles. The number of nitriles is 1. The first-order valence-electron chi connectivity index (χ1n) is 5.08. The molecule has 90 valence electrons. The van der Waals surface area contributed by atoms with Gasteiger partial charge in [-0.25, -0.2) is 0 Å². The van der Waals surface area contributed by atoms with Crippen molar-refractivity contribution in [1.29, 1.82) is 5.26 Å². The van der Waals surface area contributed by atoms with Gasteiger partial charge in [0.05, 0.1) is 30.5 Å². The van der Waals surface area contributed by atoms with Crippen molar-refractivity contribution in [3.8, 4) is 11.8 Å². The highest BCUT2D eigenvalue weighted by molar-refractivity contribution is 6.17. The predicted molar refractivity (Wildman–Crippen MR) is 62.7 cm³/mol. The Morgan fingerprint density at radius 1 is 1.53 bits per heavy atom. The average molecular weight is 254 g/mol. The molecule has 0 fully saturated rings. The van der Waals surface area contributed by atoms with Crippen LogP contribution in [0.3, 0.4) is 0 Å². The molecule has 0 atom stereocenters. The number of hydrogen-bond donors (Lipinski definition) is 1. The lowest BCUT2D eigenvalue weighted by Gasteiger charge is -2.08. The molecule has 0 spiro atoms. The minimum atomic E-state index is -0.446. The summed E-state index contributed by atoms with van der Waals surface area (Å²) in [4.78, 5) is 11.3. The largest absolute Gasteiger partial charge is 0.507 e. The van der Waals surface area contributed by atoms with Crippen LogP contribution in [0.5, 0.6) is 5.75 Å². The molecule has 0 heterocycles. The van der Waals surface area contributed by atoms with Gasteiger partial charge in [0.25, 0.3) is 0 Å². The number of phenolic OH excluding ortho intramolecular Hbond substituents is 1. The second-order valence-electron chi connectivity index (χ2n) is 3.37. The second-order valence-corrected chi connectivity index (χ2v) is 3.64. The van der Waals surface area contributed by atoms with E-state index in [0.29, 0.717) is 16.7 Å². The number of esters is 1. The highest BCUT2D eigenvalue weighted by Crippen LogP contribution is 2.26. The molecular weight excluding hydrogens is 242 g/mol. The van der Waals surface area contributed by atoms with Crippen molar-refractivity contribution in [2.75, 3.05) is 6.61 Å². The van der Waals surface area contributed by atoms with Crippen molar-refractivity contribution in [3.63, 3.8) is 0 Å². The third kappa shape index (κ3) is 3.36. The summed E-state index contributed by atoms with van der Waals surface area (Å²) in [6, 6.07) is 4.91. The van der Waals surface area contributed by atoms with Gasteiger partial charge in [-0.15, -0.1) is 11.6 Å². The number of hydrogen-bond acceptors (Lipinski definition) is 4. The van der Waals surface area contributed by atoms with Gasteiger partial charge in [0, 0.05) is 11.1 Å². The number of benzene rings is 1. The Bertz CT molecular complexity index is 466. The maximum atomic E-state index is 11.3. The first-order chi connectivity index (χ1) is 8.12. The van der Waals surface area contributed by atoms with Crippen LogP contribution >= 0.6 is 11.6 Å². The maximum Gasteiger partial charge on any atom is 0.310 e. The highest BCUT2D eigenvalue weighted by Gasteiger charge is 2.13. The number of carbonyl (C=O) groups is 1. The van der Waals surface area contributed by atoms with E-state index in [1.54, 1.807) is 6.92 Å². The van der Waals surface area contributed by atoms with E-state index >= 15 is 0 Å². The third-order valence-corrected chi connectivity index (χ3v) is 2.47. The summed E-state index contributed by atoms with van der Waals surface area (Å²) >= 11 is 5.65. The average Bonchev–Trinajstić information content (AvgIpc) is 2.32. The van der Waals surface area contributed by atoms with E-state index in [1.807, 2.05) is 6.07 Å². The van der Waals surface area contributed by atoms with Gasteiger partial charge in [0.15, 0.2) is 0 Å². The fraction of sp³-hybridized carbons (Fsp3) is 0.333. The zero-order chi connectivity index (χ0) is 12.8. The number of carbonyl (C=O) groups excluding carboxylic acids is 1. The van der Waals surface area contributed by atoms with E-state index in [4.69, 9.17) is 21.6 Å². The van der Waals surface area contributed by atoms with E-state index in [2.05, 4.69) is 0 Å². The molecule has 5 heteroatoms. The summed E-state index contributed by atoms with van der Waals surface area (Å²) in [7, 11) is 0. The lowest BCUT2D eigenvalue weighted by atomic mass is 10.0. The molecule has 4 nitrogen and oxygen atoms in total. The zero-order valence-corrected chi connectivity index (χ0v) is 10.1. The standard InChI is InChI=1S/C12H12ClNO3/c1-2-17-11(15)5-9-3-8(7-14)4-10(6-13)12(9)16/h3-4,16H,2,5-6H2,1H3. The van der Waals surface area contributed by atoms with E-state index in [9.17, 15) is 9.90 Å². The van der Waals surface area contributed by atoms with Crippen LogP contribution in [0.2, 0.25) is 0 Å². The molecule has 1 rings (SSSR count). The summed E-state index contributed by atoms with van der Waals surface area (Å²) in [6.07, 6.45) is -0.0704. The number of phenols is 1. The van der Waals surface area contributed by atoms with Gasteiger partial charge in [-0.1, -0.05) is 0 Å². The summed E-state index contributed by atoms with van der Waals surface area (Å²) in [5.74, 6) is -0.414. The van der Waals surface area contributed by atoms with Crippen LogP contribution in [0.1, 0.15) is 23.6 Å². The van der Waals surface area contributed by atoms with Gasteiger partial charge >= 0.3 is 5.97 Å². The molecule has 0 aliphatic heterocycles. The number of rotatable bonds is 4. The summed E-state index contributed by atoms with van der Waals surface area (Å²) in [5.41, 5.74) is 1.15. The molecule has 17 heavy (non-hydrogen) atoms. The quantitative estimate of drug-likeness (QED) is 0.659. The van der Waals surface area contributed by atoms with Crippen molar-refractivity contribution < 1.29 is 14.6 Å². The smallest absolute Gasteiger partial charge is 0.310 e. The van der Waals surface area contributed by atoms with Gasteiger partial charge in [-0.05, 0) is 19.1 Å². The van der Waals surface area contributed by atoms with Crippen LogP contribution < -0.4 is 0 Å². The number of nitrogens with zero attached hydrogens (tertiary/aromatic N) is 1. The molecule has 0 bridgehead atoms. The monoisotopic (exact) mass is 253 g/mol. The van der Waals surface area contributed by atoms with Crippen molar-refractivity contribution in [2.45, 2.75) is 19.2 Å². The number of ether oxygens (including phenoxy) is 1. The Hall–Kier alpha value is -1.73. The molecule has 0 saturated carbocycles. The van der Waals surface area contributed by atoms with Gasteiger partial charge in [0.1, 0.15) is 5.75 Å². The minimum absolute atomic E-state index is 0.0490. The second kappa shape index (κ2) is 6.12. The zero-order valence-electron chi connectivity index (χ0n) is 9.36. The highest BCUT2D eigenvalue weighted by atomic mass is 35.5. The van der Waals surface area contributed by atoms with Crippen LogP contribution in [-0.4, -0.2) is 17.7 Å². The minimum Gasteiger partial charge on any atom is -0.507 e. The molecular formula is C12H12ClNO3. The van der Waals surface area contributed by atoms with Gasteiger partial charge < -0.3 is 9.84 Å². The van der Waals surface area contributed by atoms with Crippen LogP contribution in [0.25, 0.3) is 0 Å². The van der Waals surface area contributed by atoms with Crippen LogP contribution in [0.15, 0.2) is 12.1 Å². The van der Waals surface area contributed by atoms with E-state index in [1.165, 1.54) is 12.1 Å². The Kier molecular flexibility index (Phi) is 4.80. The molecule has 0 radical (unpaired) electrons. The molecule has 0 unspecified atom stereocenters. The van der Waals surface area contributed by atoms with Crippen molar-refractivity contribution in [2.24, 2.45) is 0 Å². The van der Waals surface area contributed by atoms with E-state index in [0.717, 1.165) is 0 Å². The van der Waals surface area contributed by atoms with Crippen LogP contribution in [0, 0.1) is 11.3 Å². The normalized spacial score (nSPS) is 9.71. The fourth-order valence-corrected chi connectivity index (χ4v) is 1.63. The van der Waals surface area contributed by atoms with Gasteiger partial charge in [-0.2, -0.15) is 5.26 Å². The van der Waals surface area contributed by atoms with Gasteiger partial charge in [0.2, 0.25) is 0 Å². The van der Waals surface area contributed by atoms with Gasteiger partial charge in [-0.3, -0.25) is 4.79 Å². The lowest BCUT2D eigenvalue weighted by molar-refractivity contribution is -0.142. The first-order valence-corrected chi connectivity index (χ1v) is 5.62. The van der Waals surface area contributed by atoms with E-state index < -0.39 is 5.97 Å². The number of halogens is 1. The predicted octanol–water partition coefficient (Wildman–Crippen LogP) is 2.11. The summed E-state index contributed by atoms with van der Waals surface area (Å²) in [6.45, 7) is 1.98. The Morgan fingerprint density at radius 3 is 2.71 bits per heavy atom. The summed E-state index contributed by atoms with van der Waals surface area (Å²) in [5, 5.41) is 18.6. The molecule has 0 amide bonds. The molecule has 1 N–H and O–H groups in total. The van der Waals surface area contributed by atoms with Crippen molar-refractivity contribution in [3.05, 3.63) is 28.8 Å². The Morgan fingerprint density at radius 2 is 2.18 bits per heavy atom. The lowest BCUT2D eigenvalue weighted by Crippen LogP contribution is -2.08. The molecule has 0 saturated heterocycles. The molecule has 1 aromatic rings. The fourth-order valence-electron chi connectivity index (χ4n) is 1.43. The van der Waals surface area contributed by atoms with Crippen molar-refractivity contribution in [1.82, 2.24) is 0 Å². The molecule has 0 aliphatic rings. The number of aromatic hydroxyl groups is 1. The Balaban J connectivity index is 3.06. The van der Waals surface area contributed by atoms with Crippen LogP contribution in [-0.2, 0) is 21.8 Å². The first kappa shape index (κ1) is 13.3. The topological polar surface area (TPSA) is 70.3 Å². The summed E-state index contributed by atoms with van der Waals surface area (Å²) < 4.78 is 4.78. The third-order valence-electron chi connectivity index (χ3n) is 2.18. The molecule has 0 aliphatic carbocycles.